The summed E-state index contributed by atoms with van der Waals surface area (Å²) in [5.74, 6) is 0.659. The van der Waals surface area contributed by atoms with Crippen LogP contribution in [0.15, 0.2) is 30.3 Å². The van der Waals surface area contributed by atoms with Crippen molar-refractivity contribution in [1.82, 2.24) is 0 Å². The summed E-state index contributed by atoms with van der Waals surface area (Å²) in [4.78, 5) is 16.5. The molecule has 0 atom stereocenters. The molecule has 0 saturated heterocycles. The number of nitrogens with zero attached hydrogens (tertiary/aromatic N) is 2. The van der Waals surface area contributed by atoms with Crippen molar-refractivity contribution >= 4 is 12.2 Å². The number of isocyanates is 2. The van der Waals surface area contributed by atoms with Crippen molar-refractivity contribution in [1.29, 1.82) is 0 Å². The minimum absolute atomic E-state index is 0.500. The lowest BCUT2D eigenvalue weighted by atomic mass is 10.0. The second kappa shape index (κ2) is 12.0. The molecule has 0 radical (unpaired) electrons. The summed E-state index contributed by atoms with van der Waals surface area (Å²) in [6.45, 7) is 4.41. The average molecular weight is 204 g/mol. The standard InChI is InChI=1S/C9H12.2CNO/c1-8(2)9-6-4-3-5-7-9;2*2-1-3/h3-8H,1-2H3;;/q;2*-1. The second-order valence-electron chi connectivity index (χ2n) is 2.75. The van der Waals surface area contributed by atoms with E-state index in [1.54, 1.807) is 0 Å². The highest BCUT2D eigenvalue weighted by Crippen LogP contribution is 2.11. The average Bonchev–Trinajstić information content (AvgIpc) is 2.21. The van der Waals surface area contributed by atoms with E-state index in [-0.39, 0.29) is 0 Å². The number of carbonyl (C=O) groups excluding carboxylic acids is 2. The molecule has 0 aromatic heterocycles. The molecule has 1 rings (SSSR count). The Kier molecular flexibility index (Phi) is 12.3. The summed E-state index contributed by atoms with van der Waals surface area (Å²) in [6, 6.07) is 10.5. The Morgan fingerprint density at radius 1 is 1.00 bits per heavy atom. The van der Waals surface area contributed by atoms with Crippen LogP contribution < -0.4 is 0 Å². The largest absolute Gasteiger partial charge is 0.724 e. The molecule has 0 unspecified atom stereocenters. The van der Waals surface area contributed by atoms with Gasteiger partial charge in [-0.15, -0.1) is 0 Å². The fraction of sp³-hybridized carbons (Fsp3) is 0.273. The second-order valence-corrected chi connectivity index (χ2v) is 2.75. The van der Waals surface area contributed by atoms with Gasteiger partial charge in [-0.1, -0.05) is 44.2 Å². The van der Waals surface area contributed by atoms with Crippen molar-refractivity contribution < 1.29 is 9.59 Å². The van der Waals surface area contributed by atoms with Gasteiger partial charge < -0.3 is 10.8 Å². The molecular formula is C11H12N2O2-2. The Bertz CT molecular complexity index is 297. The quantitative estimate of drug-likeness (QED) is 0.520. The van der Waals surface area contributed by atoms with Crippen LogP contribution in [-0.4, -0.2) is 12.2 Å². The van der Waals surface area contributed by atoms with Gasteiger partial charge in [-0.2, -0.15) is 0 Å². The molecule has 0 spiro atoms. The molecular weight excluding hydrogens is 192 g/mol. The lowest BCUT2D eigenvalue weighted by Gasteiger charge is -2.01. The Balaban J connectivity index is 0. The molecule has 0 aliphatic heterocycles. The van der Waals surface area contributed by atoms with Gasteiger partial charge in [-0.25, -0.2) is 0 Å². The van der Waals surface area contributed by atoms with Crippen molar-refractivity contribution in [3.8, 4) is 0 Å². The fourth-order valence-corrected chi connectivity index (χ4v) is 0.838. The van der Waals surface area contributed by atoms with Gasteiger partial charge in [-0.05, 0) is 23.6 Å². The third kappa shape index (κ3) is 12.0. The van der Waals surface area contributed by atoms with Crippen molar-refractivity contribution in [3.63, 3.8) is 0 Å². The van der Waals surface area contributed by atoms with Gasteiger partial charge in [0.15, 0.2) is 0 Å². The summed E-state index contributed by atoms with van der Waals surface area (Å²) in [5.41, 5.74) is 1.41. The smallest absolute Gasteiger partial charge is 0.0159 e. The first-order chi connectivity index (χ1) is 7.13. The predicted octanol–water partition coefficient (Wildman–Crippen LogP) is 2.59. The number of benzene rings is 1. The predicted molar refractivity (Wildman–Crippen MR) is 58.6 cm³/mol. The number of hydrogen-bond acceptors (Lipinski definition) is 2. The van der Waals surface area contributed by atoms with Gasteiger partial charge in [0.1, 0.15) is 0 Å². The first kappa shape index (κ1) is 15.5. The zero-order valence-electron chi connectivity index (χ0n) is 8.68. The molecule has 1 aromatic carbocycles. The zero-order chi connectivity index (χ0) is 12.1. The van der Waals surface area contributed by atoms with E-state index in [1.807, 2.05) is 6.07 Å². The Hall–Kier alpha value is -2.02. The van der Waals surface area contributed by atoms with E-state index in [4.69, 9.17) is 20.4 Å². The van der Waals surface area contributed by atoms with Crippen molar-refractivity contribution in [2.45, 2.75) is 19.8 Å². The molecule has 0 aliphatic carbocycles. The first-order valence-corrected chi connectivity index (χ1v) is 4.21. The minimum Gasteiger partial charge on any atom is -0.724 e. The van der Waals surface area contributed by atoms with Gasteiger partial charge in [-0.3, -0.25) is 9.59 Å². The van der Waals surface area contributed by atoms with Crippen LogP contribution >= 0.6 is 0 Å². The van der Waals surface area contributed by atoms with Gasteiger partial charge in [0.05, 0.1) is 0 Å². The summed E-state index contributed by atoms with van der Waals surface area (Å²) < 4.78 is 0. The van der Waals surface area contributed by atoms with Crippen LogP contribution in [0.1, 0.15) is 25.3 Å². The van der Waals surface area contributed by atoms with Crippen LogP contribution in [0.25, 0.3) is 10.8 Å². The topological polar surface area (TPSA) is 78.7 Å². The van der Waals surface area contributed by atoms with E-state index < -0.39 is 0 Å². The third-order valence-corrected chi connectivity index (χ3v) is 1.47. The maximum Gasteiger partial charge on any atom is -0.0159 e. The van der Waals surface area contributed by atoms with Crippen molar-refractivity contribution in [2.24, 2.45) is 0 Å². The molecule has 0 aliphatic rings. The van der Waals surface area contributed by atoms with E-state index in [1.165, 1.54) is 5.56 Å². The van der Waals surface area contributed by atoms with Gasteiger partial charge in [0.2, 0.25) is 0 Å². The monoisotopic (exact) mass is 204 g/mol. The van der Waals surface area contributed by atoms with E-state index in [0.717, 1.165) is 0 Å². The molecule has 4 heteroatoms. The Morgan fingerprint density at radius 2 is 1.33 bits per heavy atom. The molecule has 0 N–H and O–H groups in total. The zero-order valence-corrected chi connectivity index (χ0v) is 8.68. The van der Waals surface area contributed by atoms with Crippen LogP contribution in [0.2, 0.25) is 0 Å². The molecule has 80 valence electrons. The van der Waals surface area contributed by atoms with Crippen molar-refractivity contribution in [3.05, 3.63) is 46.7 Å². The van der Waals surface area contributed by atoms with Crippen LogP contribution in [0.5, 0.6) is 0 Å². The van der Waals surface area contributed by atoms with Gasteiger partial charge in [0, 0.05) is 0 Å². The lowest BCUT2D eigenvalue weighted by molar-refractivity contribution is 0.568. The molecule has 0 fully saturated rings. The highest BCUT2D eigenvalue weighted by Gasteiger charge is 1.93. The van der Waals surface area contributed by atoms with Crippen LogP contribution in [0.4, 0.5) is 0 Å². The molecule has 0 heterocycles. The highest BCUT2D eigenvalue weighted by molar-refractivity contribution is 5.37. The molecule has 4 nitrogen and oxygen atoms in total. The van der Waals surface area contributed by atoms with E-state index in [9.17, 15) is 0 Å². The van der Waals surface area contributed by atoms with E-state index >= 15 is 0 Å². The number of rotatable bonds is 1. The van der Waals surface area contributed by atoms with E-state index in [2.05, 4.69) is 38.1 Å². The number of hydrogen-bond donors (Lipinski definition) is 0. The summed E-state index contributed by atoms with van der Waals surface area (Å²) >= 11 is 0. The third-order valence-electron chi connectivity index (χ3n) is 1.47. The van der Waals surface area contributed by atoms with Crippen LogP contribution in [-0.2, 0) is 9.59 Å². The maximum absolute atomic E-state index is 8.24. The molecule has 0 bridgehead atoms. The highest BCUT2D eigenvalue weighted by atomic mass is 16.1. The molecule has 0 saturated carbocycles. The molecule has 1 aromatic rings. The lowest BCUT2D eigenvalue weighted by Crippen LogP contribution is -1.83. The van der Waals surface area contributed by atoms with E-state index in [0.29, 0.717) is 18.1 Å². The summed E-state index contributed by atoms with van der Waals surface area (Å²) in [6.07, 6.45) is 1.00. The summed E-state index contributed by atoms with van der Waals surface area (Å²) in [5, 5.41) is 13.5. The van der Waals surface area contributed by atoms with Crippen molar-refractivity contribution in [2.75, 3.05) is 0 Å². The fourth-order valence-electron chi connectivity index (χ4n) is 0.838. The maximum atomic E-state index is 8.24. The van der Waals surface area contributed by atoms with Gasteiger partial charge in [0.25, 0.3) is 0 Å². The minimum atomic E-state index is 0.500. The van der Waals surface area contributed by atoms with Crippen LogP contribution in [0.3, 0.4) is 0 Å². The Labute approximate surface area is 89.0 Å². The molecule has 15 heavy (non-hydrogen) atoms. The Morgan fingerprint density at radius 3 is 1.53 bits per heavy atom. The SMILES string of the molecule is CC(C)c1ccccc1.[N-]=C=O.[N-]=C=O. The molecule has 0 amide bonds. The van der Waals surface area contributed by atoms with Crippen LogP contribution in [0, 0.1) is 0 Å². The van der Waals surface area contributed by atoms with Gasteiger partial charge >= 0.3 is 0 Å². The first-order valence-electron chi connectivity index (χ1n) is 4.21. The normalized spacial score (nSPS) is 7.13. The summed E-state index contributed by atoms with van der Waals surface area (Å²) in [7, 11) is 0.